The molecule has 21 heavy (non-hydrogen) atoms. The van der Waals surface area contributed by atoms with E-state index in [1.807, 2.05) is 0 Å². The molecule has 0 aliphatic heterocycles. The Labute approximate surface area is 125 Å². The van der Waals surface area contributed by atoms with Gasteiger partial charge in [0.05, 0.1) is 11.6 Å². The first-order valence-corrected chi connectivity index (χ1v) is 7.28. The molecule has 4 heteroatoms. The second kappa shape index (κ2) is 5.29. The Balaban J connectivity index is 2.24. The van der Waals surface area contributed by atoms with Crippen LogP contribution in [0, 0.1) is 33.8 Å². The Bertz CT molecular complexity index is 546. The molecule has 1 saturated carbocycles. The fourth-order valence-corrected chi connectivity index (χ4v) is 3.93. The molecule has 2 nitrogen and oxygen atoms in total. The maximum Gasteiger partial charge on any atom is 0.150 e. The van der Waals surface area contributed by atoms with Crippen molar-refractivity contribution in [3.63, 3.8) is 0 Å². The van der Waals surface area contributed by atoms with Gasteiger partial charge in [-0.05, 0) is 42.2 Å². The van der Waals surface area contributed by atoms with Gasteiger partial charge in [0.1, 0.15) is 5.69 Å². The van der Waals surface area contributed by atoms with Gasteiger partial charge in [-0.15, -0.1) is 0 Å². The summed E-state index contributed by atoms with van der Waals surface area (Å²) in [5.74, 6) is -1.40. The van der Waals surface area contributed by atoms with Crippen LogP contribution in [-0.2, 0) is 0 Å². The smallest absolute Gasteiger partial charge is 0.150 e. The van der Waals surface area contributed by atoms with Crippen LogP contribution < -0.4 is 5.32 Å². The molecule has 0 bridgehead atoms. The zero-order valence-electron chi connectivity index (χ0n) is 13.1. The van der Waals surface area contributed by atoms with E-state index in [0.717, 1.165) is 31.4 Å². The van der Waals surface area contributed by atoms with Gasteiger partial charge < -0.3 is 5.32 Å². The summed E-state index contributed by atoms with van der Waals surface area (Å²) < 4.78 is 28.0. The summed E-state index contributed by atoms with van der Waals surface area (Å²) in [6.07, 6.45) is 2.83. The zero-order valence-corrected chi connectivity index (χ0v) is 13.1. The SMILES string of the molecule is CC1(C)CC(Nc2c(F)cc(C#N)cc2F)CC(C)(C)C1. The van der Waals surface area contributed by atoms with E-state index < -0.39 is 11.6 Å². The lowest BCUT2D eigenvalue weighted by Crippen LogP contribution is -2.40. The number of hydrogen-bond acceptors (Lipinski definition) is 2. The highest BCUT2D eigenvalue weighted by Crippen LogP contribution is 2.46. The molecule has 0 atom stereocenters. The standard InChI is InChI=1S/C17H22F2N2/c1-16(2)7-12(8-17(3,4)10-16)21-15-13(18)5-11(9-20)6-14(15)19/h5-6,12,21H,7-8,10H2,1-4H3. The Hall–Kier alpha value is -1.63. The van der Waals surface area contributed by atoms with Crippen LogP contribution in [0.2, 0.25) is 0 Å². The number of rotatable bonds is 2. The predicted octanol–water partition coefficient (Wildman–Crippen LogP) is 4.85. The van der Waals surface area contributed by atoms with Gasteiger partial charge in [0.25, 0.3) is 0 Å². The van der Waals surface area contributed by atoms with E-state index in [2.05, 4.69) is 33.0 Å². The zero-order chi connectivity index (χ0) is 15.8. The monoisotopic (exact) mass is 292 g/mol. The highest BCUT2D eigenvalue weighted by atomic mass is 19.1. The fourth-order valence-electron chi connectivity index (χ4n) is 3.93. The van der Waals surface area contributed by atoms with Gasteiger partial charge >= 0.3 is 0 Å². The molecule has 0 spiro atoms. The van der Waals surface area contributed by atoms with Crippen LogP contribution in [0.25, 0.3) is 0 Å². The quantitative estimate of drug-likeness (QED) is 0.845. The molecule has 0 amide bonds. The van der Waals surface area contributed by atoms with Crippen LogP contribution in [0.15, 0.2) is 12.1 Å². The van der Waals surface area contributed by atoms with Crippen molar-refractivity contribution < 1.29 is 8.78 Å². The minimum Gasteiger partial charge on any atom is -0.378 e. The average Bonchev–Trinajstić information content (AvgIpc) is 2.29. The molecular formula is C17H22F2N2. The van der Waals surface area contributed by atoms with E-state index in [0.29, 0.717) is 0 Å². The lowest BCUT2D eigenvalue weighted by molar-refractivity contribution is 0.105. The Morgan fingerprint density at radius 1 is 1.10 bits per heavy atom. The average molecular weight is 292 g/mol. The lowest BCUT2D eigenvalue weighted by Gasteiger charge is -2.45. The first kappa shape index (κ1) is 15.8. The highest BCUT2D eigenvalue weighted by Gasteiger charge is 2.38. The third kappa shape index (κ3) is 3.72. The summed E-state index contributed by atoms with van der Waals surface area (Å²) in [4.78, 5) is 0. The second-order valence-electron chi connectivity index (χ2n) is 7.68. The molecule has 2 rings (SSSR count). The minimum absolute atomic E-state index is 0.000135. The molecule has 1 fully saturated rings. The van der Waals surface area contributed by atoms with Crippen molar-refractivity contribution in [2.24, 2.45) is 10.8 Å². The van der Waals surface area contributed by atoms with E-state index in [-0.39, 0.29) is 28.1 Å². The number of anilines is 1. The van der Waals surface area contributed by atoms with Crippen LogP contribution in [0.5, 0.6) is 0 Å². The number of hydrogen-bond donors (Lipinski definition) is 1. The summed E-state index contributed by atoms with van der Waals surface area (Å²) in [6, 6.07) is 3.93. The maximum atomic E-state index is 14.0. The van der Waals surface area contributed by atoms with E-state index >= 15 is 0 Å². The van der Waals surface area contributed by atoms with Crippen LogP contribution >= 0.6 is 0 Å². The molecule has 1 aliphatic rings. The Morgan fingerprint density at radius 2 is 1.57 bits per heavy atom. The van der Waals surface area contributed by atoms with Crippen LogP contribution in [0.1, 0.15) is 52.5 Å². The van der Waals surface area contributed by atoms with Crippen LogP contribution in [0.4, 0.5) is 14.5 Å². The number of benzene rings is 1. The number of nitrogens with one attached hydrogen (secondary N) is 1. The topological polar surface area (TPSA) is 35.8 Å². The van der Waals surface area contributed by atoms with Gasteiger partial charge in [-0.25, -0.2) is 8.78 Å². The van der Waals surface area contributed by atoms with Crippen molar-refractivity contribution >= 4 is 5.69 Å². The summed E-state index contributed by atoms with van der Waals surface area (Å²) in [6.45, 7) is 8.75. The van der Waals surface area contributed by atoms with Gasteiger partial charge in [0.2, 0.25) is 0 Å². The largest absolute Gasteiger partial charge is 0.378 e. The maximum absolute atomic E-state index is 14.0. The van der Waals surface area contributed by atoms with Crippen molar-refractivity contribution in [3.05, 3.63) is 29.3 Å². The van der Waals surface area contributed by atoms with Crippen LogP contribution in [-0.4, -0.2) is 6.04 Å². The van der Waals surface area contributed by atoms with E-state index in [9.17, 15) is 8.78 Å². The van der Waals surface area contributed by atoms with E-state index in [4.69, 9.17) is 5.26 Å². The van der Waals surface area contributed by atoms with Crippen molar-refractivity contribution in [2.75, 3.05) is 5.32 Å². The minimum atomic E-state index is -0.701. The van der Waals surface area contributed by atoms with Gasteiger partial charge in [0, 0.05) is 6.04 Å². The summed E-state index contributed by atoms with van der Waals surface area (Å²) in [5, 5.41) is 11.8. The van der Waals surface area contributed by atoms with Gasteiger partial charge in [-0.2, -0.15) is 5.26 Å². The van der Waals surface area contributed by atoms with Crippen molar-refractivity contribution in [3.8, 4) is 6.07 Å². The second-order valence-corrected chi connectivity index (χ2v) is 7.68. The predicted molar refractivity (Wildman–Crippen MR) is 79.9 cm³/mol. The molecule has 1 aliphatic carbocycles. The van der Waals surface area contributed by atoms with Gasteiger partial charge in [0.15, 0.2) is 11.6 Å². The number of nitrogens with zero attached hydrogens (tertiary/aromatic N) is 1. The van der Waals surface area contributed by atoms with Crippen molar-refractivity contribution in [2.45, 2.75) is 53.0 Å². The van der Waals surface area contributed by atoms with E-state index in [1.54, 1.807) is 6.07 Å². The highest BCUT2D eigenvalue weighted by molar-refractivity contribution is 5.51. The molecule has 1 aromatic rings. The van der Waals surface area contributed by atoms with Crippen LogP contribution in [0.3, 0.4) is 0 Å². The van der Waals surface area contributed by atoms with Crippen molar-refractivity contribution in [1.29, 1.82) is 5.26 Å². The molecular weight excluding hydrogens is 270 g/mol. The first-order chi connectivity index (χ1) is 9.62. The molecule has 0 aromatic heterocycles. The summed E-state index contributed by atoms with van der Waals surface area (Å²) >= 11 is 0. The Kier molecular flexibility index (Phi) is 3.97. The molecule has 0 saturated heterocycles. The van der Waals surface area contributed by atoms with Crippen molar-refractivity contribution in [1.82, 2.24) is 0 Å². The van der Waals surface area contributed by atoms with Gasteiger partial charge in [-0.1, -0.05) is 27.7 Å². The molecule has 1 N–H and O–H groups in total. The third-order valence-electron chi connectivity index (χ3n) is 4.07. The summed E-state index contributed by atoms with van der Waals surface area (Å²) in [7, 11) is 0. The van der Waals surface area contributed by atoms with Gasteiger partial charge in [-0.3, -0.25) is 0 Å². The molecule has 0 unspecified atom stereocenters. The molecule has 114 valence electrons. The molecule has 1 aromatic carbocycles. The molecule has 0 radical (unpaired) electrons. The fraction of sp³-hybridized carbons (Fsp3) is 0.588. The number of nitriles is 1. The molecule has 0 heterocycles. The normalized spacial score (nSPS) is 20.8. The summed E-state index contributed by atoms with van der Waals surface area (Å²) in [5.41, 5.74) is 0.158. The number of halogens is 2. The van der Waals surface area contributed by atoms with E-state index in [1.165, 1.54) is 0 Å². The first-order valence-electron chi connectivity index (χ1n) is 7.28. The lowest BCUT2D eigenvalue weighted by atomic mass is 9.63. The Morgan fingerprint density at radius 3 is 2.00 bits per heavy atom. The third-order valence-corrected chi connectivity index (χ3v) is 4.07.